The largest absolute Gasteiger partial charge is 0.355 e. The summed E-state index contributed by atoms with van der Waals surface area (Å²) in [4.78, 5) is 27.2. The second kappa shape index (κ2) is 4.41. The van der Waals surface area contributed by atoms with Crippen molar-refractivity contribution in [3.63, 3.8) is 0 Å². The highest BCUT2D eigenvalue weighted by Gasteiger charge is 2.35. The zero-order valence-electron chi connectivity index (χ0n) is 9.90. The van der Waals surface area contributed by atoms with E-state index in [0.29, 0.717) is 19.0 Å². The van der Waals surface area contributed by atoms with Gasteiger partial charge in [0.1, 0.15) is 0 Å². The van der Waals surface area contributed by atoms with E-state index in [1.807, 2.05) is 19.0 Å². The lowest BCUT2D eigenvalue weighted by molar-refractivity contribution is -0.134. The van der Waals surface area contributed by atoms with Crippen LogP contribution in [0.15, 0.2) is 0 Å². The molecule has 2 rings (SSSR count). The van der Waals surface area contributed by atoms with Crippen LogP contribution in [0.4, 0.5) is 0 Å². The molecule has 5 nitrogen and oxygen atoms in total. The fourth-order valence-electron chi connectivity index (χ4n) is 2.40. The van der Waals surface area contributed by atoms with Crippen LogP contribution in [-0.2, 0) is 9.59 Å². The second-order valence-electron chi connectivity index (χ2n) is 4.90. The van der Waals surface area contributed by atoms with Crippen LogP contribution in [0.2, 0.25) is 0 Å². The molecule has 2 unspecified atom stereocenters. The Hall–Kier alpha value is -1.10. The molecule has 2 saturated heterocycles. The van der Waals surface area contributed by atoms with Crippen molar-refractivity contribution in [2.75, 3.05) is 33.7 Å². The van der Waals surface area contributed by atoms with Gasteiger partial charge in [0.2, 0.25) is 11.8 Å². The van der Waals surface area contributed by atoms with Crippen LogP contribution in [0, 0.1) is 5.92 Å². The number of nitrogens with one attached hydrogen (secondary N) is 1. The zero-order chi connectivity index (χ0) is 11.7. The van der Waals surface area contributed by atoms with E-state index < -0.39 is 0 Å². The number of amides is 2. The molecule has 2 aliphatic heterocycles. The maximum atomic E-state index is 12.1. The van der Waals surface area contributed by atoms with Gasteiger partial charge in [0.05, 0.1) is 5.92 Å². The number of likely N-dealkylation sites (tertiary alicyclic amines) is 1. The molecule has 2 amide bonds. The second-order valence-corrected chi connectivity index (χ2v) is 4.90. The molecule has 1 N–H and O–H groups in total. The molecule has 2 fully saturated rings. The highest BCUT2D eigenvalue weighted by Crippen LogP contribution is 2.19. The molecule has 0 aromatic carbocycles. The van der Waals surface area contributed by atoms with Crippen molar-refractivity contribution in [2.45, 2.75) is 18.9 Å². The van der Waals surface area contributed by atoms with Crippen LogP contribution in [0.25, 0.3) is 0 Å². The Kier molecular flexibility index (Phi) is 3.14. The zero-order valence-corrected chi connectivity index (χ0v) is 9.90. The molecule has 90 valence electrons. The van der Waals surface area contributed by atoms with Gasteiger partial charge < -0.3 is 15.1 Å². The fourth-order valence-corrected chi connectivity index (χ4v) is 2.40. The van der Waals surface area contributed by atoms with Gasteiger partial charge in [-0.3, -0.25) is 9.59 Å². The predicted molar refractivity (Wildman–Crippen MR) is 59.8 cm³/mol. The van der Waals surface area contributed by atoms with Gasteiger partial charge in [-0.05, 0) is 20.5 Å². The Bertz CT molecular complexity index is 304. The lowest BCUT2D eigenvalue weighted by Crippen LogP contribution is -2.38. The molecule has 0 aromatic rings. The van der Waals surface area contributed by atoms with Gasteiger partial charge in [-0.1, -0.05) is 0 Å². The average molecular weight is 225 g/mol. The smallest absolute Gasteiger partial charge is 0.228 e. The van der Waals surface area contributed by atoms with Crippen molar-refractivity contribution >= 4 is 11.8 Å². The van der Waals surface area contributed by atoms with Gasteiger partial charge in [0.15, 0.2) is 0 Å². The molecule has 0 spiro atoms. The summed E-state index contributed by atoms with van der Waals surface area (Å²) < 4.78 is 0. The van der Waals surface area contributed by atoms with E-state index >= 15 is 0 Å². The number of likely N-dealkylation sites (N-methyl/N-ethyl adjacent to an activating group) is 1. The van der Waals surface area contributed by atoms with Gasteiger partial charge in [-0.25, -0.2) is 0 Å². The predicted octanol–water partition coefficient (Wildman–Crippen LogP) is -0.715. The molecule has 0 aromatic heterocycles. The number of carbonyl (C=O) groups excluding carboxylic acids is 2. The SMILES string of the molecule is CN(C)C1CCN(C(=O)C2CNC(=O)C2)C1. The standard InChI is InChI=1S/C11H19N3O2/c1-13(2)9-3-4-14(7-9)11(16)8-5-10(15)12-6-8/h8-9H,3-7H2,1-2H3,(H,12,15). The third kappa shape index (κ3) is 2.19. The van der Waals surface area contributed by atoms with Gasteiger partial charge in [0.25, 0.3) is 0 Å². The Morgan fingerprint density at radius 3 is 2.75 bits per heavy atom. The molecule has 5 heteroatoms. The topological polar surface area (TPSA) is 52.6 Å². The minimum absolute atomic E-state index is 0.00158. The number of hydrogen-bond acceptors (Lipinski definition) is 3. The van der Waals surface area contributed by atoms with Crippen molar-refractivity contribution in [1.29, 1.82) is 0 Å². The number of carbonyl (C=O) groups is 2. The lowest BCUT2D eigenvalue weighted by Gasteiger charge is -2.22. The maximum Gasteiger partial charge on any atom is 0.228 e. The number of nitrogens with zero attached hydrogens (tertiary/aromatic N) is 2. The fraction of sp³-hybridized carbons (Fsp3) is 0.818. The molecule has 0 saturated carbocycles. The summed E-state index contributed by atoms with van der Waals surface area (Å²) in [6.07, 6.45) is 1.40. The molecular weight excluding hydrogens is 206 g/mol. The van der Waals surface area contributed by atoms with Crippen LogP contribution >= 0.6 is 0 Å². The quantitative estimate of drug-likeness (QED) is 0.675. The van der Waals surface area contributed by atoms with Gasteiger partial charge >= 0.3 is 0 Å². The first-order valence-electron chi connectivity index (χ1n) is 5.80. The van der Waals surface area contributed by atoms with Crippen LogP contribution in [0.5, 0.6) is 0 Å². The normalized spacial score (nSPS) is 29.9. The summed E-state index contributed by atoms with van der Waals surface area (Å²) in [5.74, 6) is 0.0119. The van der Waals surface area contributed by atoms with E-state index in [-0.39, 0.29) is 17.7 Å². The summed E-state index contributed by atoms with van der Waals surface area (Å²) in [5.41, 5.74) is 0. The third-order valence-corrected chi connectivity index (χ3v) is 3.53. The number of rotatable bonds is 2. The first-order chi connectivity index (χ1) is 7.58. The monoisotopic (exact) mass is 225 g/mol. The Morgan fingerprint density at radius 2 is 2.25 bits per heavy atom. The minimum atomic E-state index is -0.131. The van der Waals surface area contributed by atoms with Crippen LogP contribution < -0.4 is 5.32 Å². The van der Waals surface area contributed by atoms with Gasteiger partial charge in [-0.15, -0.1) is 0 Å². The maximum absolute atomic E-state index is 12.1. The first kappa shape index (κ1) is 11.4. The van der Waals surface area contributed by atoms with Crippen molar-refractivity contribution in [3.05, 3.63) is 0 Å². The number of hydrogen-bond donors (Lipinski definition) is 1. The van der Waals surface area contributed by atoms with Gasteiger partial charge in [0, 0.05) is 32.1 Å². The lowest BCUT2D eigenvalue weighted by atomic mass is 10.1. The van der Waals surface area contributed by atoms with Crippen molar-refractivity contribution < 1.29 is 9.59 Å². The molecule has 2 heterocycles. The van der Waals surface area contributed by atoms with E-state index in [2.05, 4.69) is 10.2 Å². The molecular formula is C11H19N3O2. The third-order valence-electron chi connectivity index (χ3n) is 3.53. The average Bonchev–Trinajstić information content (AvgIpc) is 2.84. The molecule has 0 radical (unpaired) electrons. The van der Waals surface area contributed by atoms with Crippen molar-refractivity contribution in [1.82, 2.24) is 15.1 Å². The Labute approximate surface area is 95.8 Å². The molecule has 2 aliphatic rings. The van der Waals surface area contributed by atoms with E-state index in [1.54, 1.807) is 0 Å². The summed E-state index contributed by atoms with van der Waals surface area (Å²) in [5, 5.41) is 2.71. The Balaban J connectivity index is 1.89. The Morgan fingerprint density at radius 1 is 1.50 bits per heavy atom. The van der Waals surface area contributed by atoms with Crippen LogP contribution in [-0.4, -0.2) is 61.4 Å². The highest BCUT2D eigenvalue weighted by atomic mass is 16.2. The molecule has 2 atom stereocenters. The minimum Gasteiger partial charge on any atom is -0.355 e. The van der Waals surface area contributed by atoms with E-state index in [9.17, 15) is 9.59 Å². The van der Waals surface area contributed by atoms with Crippen molar-refractivity contribution in [2.24, 2.45) is 5.92 Å². The van der Waals surface area contributed by atoms with E-state index in [1.165, 1.54) is 0 Å². The summed E-state index contributed by atoms with van der Waals surface area (Å²) in [6, 6.07) is 0.467. The molecule has 0 aliphatic carbocycles. The van der Waals surface area contributed by atoms with Crippen LogP contribution in [0.1, 0.15) is 12.8 Å². The summed E-state index contributed by atoms with van der Waals surface area (Å²) in [6.45, 7) is 2.14. The van der Waals surface area contributed by atoms with Gasteiger partial charge in [-0.2, -0.15) is 0 Å². The summed E-state index contributed by atoms with van der Waals surface area (Å²) >= 11 is 0. The first-order valence-corrected chi connectivity index (χ1v) is 5.80. The van der Waals surface area contributed by atoms with E-state index in [0.717, 1.165) is 19.5 Å². The van der Waals surface area contributed by atoms with Crippen molar-refractivity contribution in [3.8, 4) is 0 Å². The summed E-state index contributed by atoms with van der Waals surface area (Å²) in [7, 11) is 4.08. The highest BCUT2D eigenvalue weighted by molar-refractivity contribution is 5.89. The molecule has 0 bridgehead atoms. The van der Waals surface area contributed by atoms with E-state index in [4.69, 9.17) is 0 Å². The van der Waals surface area contributed by atoms with Crippen LogP contribution in [0.3, 0.4) is 0 Å². The molecule has 16 heavy (non-hydrogen) atoms.